The second-order valence-corrected chi connectivity index (χ2v) is 5.51. The number of hydrogen-bond donors (Lipinski definition) is 2. The van der Waals surface area contributed by atoms with Crippen LogP contribution in [0.15, 0.2) is 34.9 Å². The first-order chi connectivity index (χ1) is 9.78. The van der Waals surface area contributed by atoms with Crippen molar-refractivity contribution in [3.63, 3.8) is 0 Å². The first-order valence-electron chi connectivity index (χ1n) is 6.80. The van der Waals surface area contributed by atoms with Gasteiger partial charge in [-0.25, -0.2) is 4.99 Å². The number of guanidine groups is 1. The highest BCUT2D eigenvalue weighted by atomic mass is 32.1. The molecule has 0 radical (unpaired) electrons. The molecule has 2 aromatic heterocycles. The van der Waals surface area contributed by atoms with Crippen molar-refractivity contribution < 1.29 is 0 Å². The minimum absolute atomic E-state index is 0.641. The van der Waals surface area contributed by atoms with Gasteiger partial charge in [-0.15, -0.1) is 11.3 Å². The van der Waals surface area contributed by atoms with E-state index in [2.05, 4.69) is 45.2 Å². The molecule has 0 aliphatic carbocycles. The van der Waals surface area contributed by atoms with Crippen LogP contribution in [0.5, 0.6) is 0 Å². The Morgan fingerprint density at radius 3 is 3.00 bits per heavy atom. The minimum atomic E-state index is 0.641. The quantitative estimate of drug-likeness (QED) is 0.630. The molecule has 0 amide bonds. The first kappa shape index (κ1) is 14.6. The third kappa shape index (κ3) is 4.70. The molecule has 0 bridgehead atoms. The fourth-order valence-electron chi connectivity index (χ4n) is 1.82. The van der Waals surface area contributed by atoms with Crippen LogP contribution >= 0.6 is 11.3 Å². The SMILES string of the molecule is CCNC(=NCc1cnn(C)c1)NCCc1cccs1. The van der Waals surface area contributed by atoms with Crippen molar-refractivity contribution in [2.24, 2.45) is 12.0 Å². The molecule has 0 aliphatic heterocycles. The van der Waals surface area contributed by atoms with Crippen LogP contribution in [-0.2, 0) is 20.0 Å². The van der Waals surface area contributed by atoms with Gasteiger partial charge in [-0.1, -0.05) is 6.07 Å². The van der Waals surface area contributed by atoms with Gasteiger partial charge < -0.3 is 10.6 Å². The lowest BCUT2D eigenvalue weighted by atomic mass is 10.3. The van der Waals surface area contributed by atoms with Gasteiger partial charge >= 0.3 is 0 Å². The highest BCUT2D eigenvalue weighted by molar-refractivity contribution is 7.09. The van der Waals surface area contributed by atoms with Gasteiger partial charge in [0.1, 0.15) is 0 Å². The van der Waals surface area contributed by atoms with Gasteiger partial charge in [0, 0.05) is 36.8 Å². The maximum Gasteiger partial charge on any atom is 0.191 e. The van der Waals surface area contributed by atoms with Crippen LogP contribution in [0.3, 0.4) is 0 Å². The normalized spacial score (nSPS) is 11.6. The van der Waals surface area contributed by atoms with Gasteiger partial charge in [0.15, 0.2) is 5.96 Å². The Labute approximate surface area is 123 Å². The first-order valence-corrected chi connectivity index (χ1v) is 7.68. The molecule has 0 saturated heterocycles. The smallest absolute Gasteiger partial charge is 0.191 e. The summed E-state index contributed by atoms with van der Waals surface area (Å²) in [6, 6.07) is 4.24. The van der Waals surface area contributed by atoms with Crippen LogP contribution in [0.4, 0.5) is 0 Å². The van der Waals surface area contributed by atoms with E-state index in [1.165, 1.54) is 4.88 Å². The molecule has 0 atom stereocenters. The van der Waals surface area contributed by atoms with Crippen molar-refractivity contribution in [1.82, 2.24) is 20.4 Å². The molecule has 0 aromatic carbocycles. The van der Waals surface area contributed by atoms with Gasteiger partial charge in [-0.05, 0) is 24.8 Å². The Morgan fingerprint density at radius 2 is 2.35 bits per heavy atom. The van der Waals surface area contributed by atoms with Crippen molar-refractivity contribution in [2.45, 2.75) is 19.9 Å². The largest absolute Gasteiger partial charge is 0.357 e. The average Bonchev–Trinajstić information content (AvgIpc) is 3.07. The lowest BCUT2D eigenvalue weighted by Crippen LogP contribution is -2.38. The number of rotatable bonds is 6. The molecular formula is C14H21N5S. The summed E-state index contributed by atoms with van der Waals surface area (Å²) in [6.07, 6.45) is 4.85. The number of aliphatic imine (C=N–C) groups is 1. The number of hydrogen-bond acceptors (Lipinski definition) is 3. The molecule has 2 N–H and O–H groups in total. The molecule has 0 saturated carbocycles. The van der Waals surface area contributed by atoms with Crippen molar-refractivity contribution in [1.29, 1.82) is 0 Å². The topological polar surface area (TPSA) is 54.2 Å². The zero-order chi connectivity index (χ0) is 14.2. The molecule has 5 nitrogen and oxygen atoms in total. The number of aryl methyl sites for hydroxylation is 1. The molecule has 2 rings (SSSR count). The van der Waals surface area contributed by atoms with Crippen LogP contribution < -0.4 is 10.6 Å². The number of aromatic nitrogens is 2. The molecule has 20 heavy (non-hydrogen) atoms. The number of nitrogens with one attached hydrogen (secondary N) is 2. The summed E-state index contributed by atoms with van der Waals surface area (Å²) in [6.45, 7) is 4.46. The molecule has 6 heteroatoms. The summed E-state index contributed by atoms with van der Waals surface area (Å²) in [5.74, 6) is 0.855. The third-order valence-electron chi connectivity index (χ3n) is 2.77. The average molecular weight is 291 g/mol. The molecule has 0 fully saturated rings. The summed E-state index contributed by atoms with van der Waals surface area (Å²) in [4.78, 5) is 5.95. The second kappa shape index (κ2) is 7.69. The highest BCUT2D eigenvalue weighted by Gasteiger charge is 1.99. The van der Waals surface area contributed by atoms with Crippen LogP contribution in [0, 0.1) is 0 Å². The Morgan fingerprint density at radius 1 is 1.45 bits per heavy atom. The van der Waals surface area contributed by atoms with Crippen LogP contribution in [-0.4, -0.2) is 28.8 Å². The third-order valence-corrected chi connectivity index (χ3v) is 3.70. The maximum atomic E-state index is 4.56. The Hall–Kier alpha value is -1.82. The summed E-state index contributed by atoms with van der Waals surface area (Å²) < 4.78 is 1.79. The van der Waals surface area contributed by atoms with Crippen LogP contribution in [0.25, 0.3) is 0 Å². The Kier molecular flexibility index (Phi) is 5.61. The van der Waals surface area contributed by atoms with E-state index >= 15 is 0 Å². The van der Waals surface area contributed by atoms with Gasteiger partial charge in [0.25, 0.3) is 0 Å². The van der Waals surface area contributed by atoms with Gasteiger partial charge in [-0.3, -0.25) is 4.68 Å². The van der Waals surface area contributed by atoms with Crippen LogP contribution in [0.2, 0.25) is 0 Å². The van der Waals surface area contributed by atoms with Crippen molar-refractivity contribution >= 4 is 17.3 Å². The molecule has 2 heterocycles. The van der Waals surface area contributed by atoms with Crippen LogP contribution in [0.1, 0.15) is 17.4 Å². The standard InChI is InChI=1S/C14H21N5S/c1-3-15-14(16-7-6-13-5-4-8-20-13)17-9-12-10-18-19(2)11-12/h4-5,8,10-11H,3,6-7,9H2,1-2H3,(H2,15,16,17). The predicted octanol–water partition coefficient (Wildman–Crippen LogP) is 1.78. The van der Waals surface area contributed by atoms with E-state index in [0.29, 0.717) is 6.54 Å². The fraction of sp³-hybridized carbons (Fsp3) is 0.429. The van der Waals surface area contributed by atoms with E-state index in [0.717, 1.165) is 31.0 Å². The fourth-order valence-corrected chi connectivity index (χ4v) is 2.53. The second-order valence-electron chi connectivity index (χ2n) is 4.47. The van der Waals surface area contributed by atoms with Crippen molar-refractivity contribution in [3.8, 4) is 0 Å². The van der Waals surface area contributed by atoms with Gasteiger partial charge in [0.05, 0.1) is 12.7 Å². The molecular weight excluding hydrogens is 270 g/mol. The minimum Gasteiger partial charge on any atom is -0.357 e. The Bertz CT molecular complexity index is 530. The zero-order valence-electron chi connectivity index (χ0n) is 12.0. The number of thiophene rings is 1. The lowest BCUT2D eigenvalue weighted by Gasteiger charge is -2.10. The van der Waals surface area contributed by atoms with E-state index < -0.39 is 0 Å². The maximum absolute atomic E-state index is 4.56. The summed E-state index contributed by atoms with van der Waals surface area (Å²) in [7, 11) is 1.91. The zero-order valence-corrected chi connectivity index (χ0v) is 12.8. The molecule has 2 aromatic rings. The monoisotopic (exact) mass is 291 g/mol. The number of nitrogens with zero attached hydrogens (tertiary/aromatic N) is 3. The molecule has 0 spiro atoms. The van der Waals surface area contributed by atoms with Crippen molar-refractivity contribution in [2.75, 3.05) is 13.1 Å². The Balaban J connectivity index is 1.82. The summed E-state index contributed by atoms with van der Waals surface area (Å²) in [5.41, 5.74) is 1.11. The van der Waals surface area contributed by atoms with E-state index in [1.54, 1.807) is 16.0 Å². The van der Waals surface area contributed by atoms with Crippen molar-refractivity contribution in [3.05, 3.63) is 40.3 Å². The molecule has 0 aliphatic rings. The molecule has 108 valence electrons. The summed E-state index contributed by atoms with van der Waals surface area (Å²) >= 11 is 1.79. The summed E-state index contributed by atoms with van der Waals surface area (Å²) in [5, 5.41) is 12.9. The van der Waals surface area contributed by atoms with E-state index in [1.807, 2.05) is 19.4 Å². The highest BCUT2D eigenvalue weighted by Crippen LogP contribution is 2.08. The lowest BCUT2D eigenvalue weighted by molar-refractivity contribution is 0.766. The van der Waals surface area contributed by atoms with Gasteiger partial charge in [-0.2, -0.15) is 5.10 Å². The van der Waals surface area contributed by atoms with E-state index in [9.17, 15) is 0 Å². The van der Waals surface area contributed by atoms with Gasteiger partial charge in [0.2, 0.25) is 0 Å². The predicted molar refractivity (Wildman–Crippen MR) is 84.0 cm³/mol. The van der Waals surface area contributed by atoms with E-state index in [-0.39, 0.29) is 0 Å². The van der Waals surface area contributed by atoms with E-state index in [4.69, 9.17) is 0 Å². The molecule has 0 unspecified atom stereocenters.